The first-order valence-electron chi connectivity index (χ1n) is 5.20. The summed E-state index contributed by atoms with van der Waals surface area (Å²) in [5.41, 5.74) is 0. The molecule has 5 heteroatoms. The SMILES string of the molecule is CC(=O)[C@H]1CCC[C@H]2C(=O)NCC(=O)N12. The molecule has 82 valence electrons. The standard InChI is InChI=1S/C10H14N2O3/c1-6(13)7-3-2-4-8-10(15)11-5-9(14)12(7)8/h7-8H,2-5H2,1H3,(H,11,15)/t7-,8+/m1/s1. The molecule has 0 saturated carbocycles. The van der Waals surface area contributed by atoms with E-state index in [2.05, 4.69) is 5.32 Å². The van der Waals surface area contributed by atoms with Gasteiger partial charge in [0.25, 0.3) is 0 Å². The molecule has 2 rings (SSSR count). The Labute approximate surface area is 87.8 Å². The van der Waals surface area contributed by atoms with Crippen molar-refractivity contribution >= 4 is 17.6 Å². The Morgan fingerprint density at radius 2 is 2.13 bits per heavy atom. The summed E-state index contributed by atoms with van der Waals surface area (Å²) in [6, 6.07) is -0.809. The van der Waals surface area contributed by atoms with Crippen LogP contribution in [-0.2, 0) is 14.4 Å². The molecule has 2 amide bonds. The van der Waals surface area contributed by atoms with Crippen molar-refractivity contribution in [3.8, 4) is 0 Å². The first-order valence-corrected chi connectivity index (χ1v) is 5.20. The summed E-state index contributed by atoms with van der Waals surface area (Å²) in [5, 5.41) is 2.55. The molecule has 2 aliphatic rings. The zero-order chi connectivity index (χ0) is 11.0. The van der Waals surface area contributed by atoms with E-state index in [4.69, 9.17) is 0 Å². The number of hydrogen-bond acceptors (Lipinski definition) is 3. The maximum atomic E-state index is 11.6. The number of carbonyl (C=O) groups excluding carboxylic acids is 3. The van der Waals surface area contributed by atoms with Crippen LogP contribution in [0.5, 0.6) is 0 Å². The third kappa shape index (κ3) is 1.62. The molecule has 2 atom stereocenters. The average molecular weight is 210 g/mol. The summed E-state index contributed by atoms with van der Waals surface area (Å²) < 4.78 is 0. The van der Waals surface area contributed by atoms with Gasteiger partial charge in [0.15, 0.2) is 5.78 Å². The van der Waals surface area contributed by atoms with E-state index in [1.54, 1.807) is 0 Å². The van der Waals surface area contributed by atoms with Gasteiger partial charge in [0, 0.05) is 0 Å². The van der Waals surface area contributed by atoms with Gasteiger partial charge in [-0.2, -0.15) is 0 Å². The third-order valence-corrected chi connectivity index (χ3v) is 3.10. The molecule has 15 heavy (non-hydrogen) atoms. The van der Waals surface area contributed by atoms with Gasteiger partial charge >= 0.3 is 0 Å². The number of hydrogen-bond donors (Lipinski definition) is 1. The van der Waals surface area contributed by atoms with Crippen molar-refractivity contribution < 1.29 is 14.4 Å². The molecule has 1 N–H and O–H groups in total. The molecule has 5 nitrogen and oxygen atoms in total. The van der Waals surface area contributed by atoms with Crippen LogP contribution in [0.4, 0.5) is 0 Å². The van der Waals surface area contributed by atoms with Gasteiger partial charge in [-0.25, -0.2) is 0 Å². The minimum absolute atomic E-state index is 0.0252. The second kappa shape index (κ2) is 3.64. The van der Waals surface area contributed by atoms with Crippen molar-refractivity contribution in [2.75, 3.05) is 6.54 Å². The third-order valence-electron chi connectivity index (χ3n) is 3.10. The summed E-state index contributed by atoms with van der Waals surface area (Å²) in [6.45, 7) is 1.51. The number of carbonyl (C=O) groups is 3. The smallest absolute Gasteiger partial charge is 0.243 e. The Morgan fingerprint density at radius 3 is 2.80 bits per heavy atom. The average Bonchev–Trinajstić information content (AvgIpc) is 2.23. The topological polar surface area (TPSA) is 66.5 Å². The molecule has 0 aromatic heterocycles. The van der Waals surface area contributed by atoms with E-state index >= 15 is 0 Å². The molecule has 0 aromatic carbocycles. The Balaban J connectivity index is 2.27. The van der Waals surface area contributed by atoms with Gasteiger partial charge in [-0.1, -0.05) is 0 Å². The normalized spacial score (nSPS) is 30.9. The summed E-state index contributed by atoms with van der Waals surface area (Å²) in [5.74, 6) is -0.289. The zero-order valence-electron chi connectivity index (χ0n) is 8.66. The van der Waals surface area contributed by atoms with E-state index in [-0.39, 0.29) is 30.2 Å². The molecular weight excluding hydrogens is 196 g/mol. The van der Waals surface area contributed by atoms with Crippen molar-refractivity contribution in [2.45, 2.75) is 38.3 Å². The Hall–Kier alpha value is -1.39. The molecule has 0 aliphatic carbocycles. The Kier molecular flexibility index (Phi) is 2.46. The van der Waals surface area contributed by atoms with Crippen LogP contribution in [0.15, 0.2) is 0 Å². The predicted octanol–water partition coefficient (Wildman–Crippen LogP) is -0.545. The second-order valence-electron chi connectivity index (χ2n) is 4.09. The molecule has 2 saturated heterocycles. The summed E-state index contributed by atoms with van der Waals surface area (Å²) in [4.78, 5) is 36.0. The van der Waals surface area contributed by atoms with Crippen LogP contribution in [0, 0.1) is 0 Å². The van der Waals surface area contributed by atoms with Crippen LogP contribution in [0.1, 0.15) is 26.2 Å². The molecule has 0 bridgehead atoms. The molecule has 2 aliphatic heterocycles. The maximum Gasteiger partial charge on any atom is 0.243 e. The van der Waals surface area contributed by atoms with Crippen molar-refractivity contribution in [2.24, 2.45) is 0 Å². The van der Waals surface area contributed by atoms with Gasteiger partial charge in [-0.05, 0) is 26.2 Å². The predicted molar refractivity (Wildman–Crippen MR) is 52.0 cm³/mol. The molecule has 0 radical (unpaired) electrons. The van der Waals surface area contributed by atoms with Crippen molar-refractivity contribution in [1.29, 1.82) is 0 Å². The lowest BCUT2D eigenvalue weighted by Gasteiger charge is -2.42. The number of piperazine rings is 1. The van der Waals surface area contributed by atoms with Gasteiger partial charge in [-0.3, -0.25) is 14.4 Å². The number of nitrogens with zero attached hydrogens (tertiary/aromatic N) is 1. The quantitative estimate of drug-likeness (QED) is 0.631. The minimum atomic E-state index is -0.422. The maximum absolute atomic E-state index is 11.6. The van der Waals surface area contributed by atoms with Gasteiger partial charge in [0.05, 0.1) is 12.6 Å². The van der Waals surface area contributed by atoms with Gasteiger partial charge < -0.3 is 10.2 Å². The van der Waals surface area contributed by atoms with Gasteiger partial charge in [0.2, 0.25) is 11.8 Å². The van der Waals surface area contributed by atoms with Gasteiger partial charge in [-0.15, -0.1) is 0 Å². The lowest BCUT2D eigenvalue weighted by atomic mass is 9.91. The highest BCUT2D eigenvalue weighted by atomic mass is 16.2. The summed E-state index contributed by atoms with van der Waals surface area (Å²) in [7, 11) is 0. The first kappa shape index (κ1) is 10.1. The van der Waals surface area contributed by atoms with Crippen LogP contribution >= 0.6 is 0 Å². The minimum Gasteiger partial charge on any atom is -0.345 e. The lowest BCUT2D eigenvalue weighted by Crippen LogP contribution is -2.64. The number of Topliss-reactive ketones (excluding diaryl/α,β-unsaturated/α-hetero) is 1. The molecular formula is C10H14N2O3. The Morgan fingerprint density at radius 1 is 1.40 bits per heavy atom. The molecule has 0 unspecified atom stereocenters. The number of fused-ring (bicyclic) bond motifs is 1. The Bertz CT molecular complexity index is 321. The van der Waals surface area contributed by atoms with Crippen molar-refractivity contribution in [1.82, 2.24) is 10.2 Å². The number of nitrogens with one attached hydrogen (secondary N) is 1. The molecule has 0 spiro atoms. The summed E-state index contributed by atoms with van der Waals surface area (Å²) >= 11 is 0. The second-order valence-corrected chi connectivity index (χ2v) is 4.09. The highest BCUT2D eigenvalue weighted by Crippen LogP contribution is 2.25. The van der Waals surface area contributed by atoms with Crippen LogP contribution in [0.3, 0.4) is 0 Å². The van der Waals surface area contributed by atoms with Gasteiger partial charge in [0.1, 0.15) is 6.04 Å². The van der Waals surface area contributed by atoms with E-state index in [9.17, 15) is 14.4 Å². The van der Waals surface area contributed by atoms with E-state index in [0.29, 0.717) is 12.8 Å². The van der Waals surface area contributed by atoms with Crippen molar-refractivity contribution in [3.63, 3.8) is 0 Å². The highest BCUT2D eigenvalue weighted by molar-refractivity contribution is 5.98. The van der Waals surface area contributed by atoms with E-state index in [1.165, 1.54) is 11.8 Å². The van der Waals surface area contributed by atoms with Crippen LogP contribution in [0.25, 0.3) is 0 Å². The first-order chi connectivity index (χ1) is 7.11. The monoisotopic (exact) mass is 210 g/mol. The lowest BCUT2D eigenvalue weighted by molar-refractivity contribution is -0.153. The van der Waals surface area contributed by atoms with E-state index in [0.717, 1.165) is 6.42 Å². The number of amides is 2. The number of rotatable bonds is 1. The number of ketones is 1. The fourth-order valence-corrected chi connectivity index (χ4v) is 2.38. The molecule has 0 aromatic rings. The largest absolute Gasteiger partial charge is 0.345 e. The van der Waals surface area contributed by atoms with Crippen molar-refractivity contribution in [3.05, 3.63) is 0 Å². The van der Waals surface area contributed by atoms with Crippen LogP contribution in [0.2, 0.25) is 0 Å². The zero-order valence-corrected chi connectivity index (χ0v) is 8.66. The highest BCUT2D eigenvalue weighted by Gasteiger charge is 2.42. The van der Waals surface area contributed by atoms with E-state index < -0.39 is 6.04 Å². The van der Waals surface area contributed by atoms with Crippen LogP contribution in [-0.4, -0.2) is 41.1 Å². The number of piperidine rings is 1. The molecule has 2 fully saturated rings. The fraction of sp³-hybridized carbons (Fsp3) is 0.700. The molecule has 2 heterocycles. The summed E-state index contributed by atoms with van der Waals surface area (Å²) in [6.07, 6.45) is 2.18. The fourth-order valence-electron chi connectivity index (χ4n) is 2.38. The van der Waals surface area contributed by atoms with Crippen LogP contribution < -0.4 is 5.32 Å². The van der Waals surface area contributed by atoms with E-state index in [1.807, 2.05) is 0 Å².